The second-order valence-electron chi connectivity index (χ2n) is 7.04. The number of nitrogens with one attached hydrogen (secondary N) is 2. The van der Waals surface area contributed by atoms with Crippen LogP contribution in [0.15, 0.2) is 64.8 Å². The monoisotopic (exact) mass is 407 g/mol. The standard InChI is InChI=1S/C22H21N3O3S/c26-20(23-16-7-2-1-3-8-16)15-6-4-12-25(14-15)22(28)17-10-11-18(24-21(17)27)19-9-5-13-29-19/h1-3,5,7-11,13,15H,4,6,12,14H2,(H,23,26)(H,24,27). The summed E-state index contributed by atoms with van der Waals surface area (Å²) in [7, 11) is 0. The Morgan fingerprint density at radius 1 is 1.07 bits per heavy atom. The number of hydrogen-bond acceptors (Lipinski definition) is 4. The lowest BCUT2D eigenvalue weighted by Crippen LogP contribution is -2.45. The summed E-state index contributed by atoms with van der Waals surface area (Å²) >= 11 is 1.52. The topological polar surface area (TPSA) is 82.3 Å². The van der Waals surface area contributed by atoms with Crippen molar-refractivity contribution in [3.63, 3.8) is 0 Å². The lowest BCUT2D eigenvalue weighted by molar-refractivity contribution is -0.121. The molecule has 0 bridgehead atoms. The molecule has 2 amide bonds. The van der Waals surface area contributed by atoms with Gasteiger partial charge in [-0.25, -0.2) is 0 Å². The van der Waals surface area contributed by atoms with Crippen LogP contribution in [0.5, 0.6) is 0 Å². The van der Waals surface area contributed by atoms with Crippen molar-refractivity contribution in [3.8, 4) is 10.6 Å². The van der Waals surface area contributed by atoms with Crippen LogP contribution < -0.4 is 10.9 Å². The lowest BCUT2D eigenvalue weighted by atomic mass is 9.96. The molecule has 7 heteroatoms. The van der Waals surface area contributed by atoms with Crippen molar-refractivity contribution in [2.45, 2.75) is 12.8 Å². The maximum atomic E-state index is 12.9. The van der Waals surface area contributed by atoms with E-state index in [-0.39, 0.29) is 23.3 Å². The molecule has 0 radical (unpaired) electrons. The number of aromatic nitrogens is 1. The molecule has 1 atom stereocenters. The number of para-hydroxylation sites is 1. The highest BCUT2D eigenvalue weighted by atomic mass is 32.1. The minimum atomic E-state index is -0.406. The first-order valence-corrected chi connectivity index (χ1v) is 10.4. The Bertz CT molecular complexity index is 1060. The number of rotatable bonds is 4. The number of carbonyl (C=O) groups excluding carboxylic acids is 2. The Labute approximate surface area is 172 Å². The van der Waals surface area contributed by atoms with Crippen molar-refractivity contribution < 1.29 is 9.59 Å². The minimum Gasteiger partial charge on any atom is -0.338 e. The molecule has 1 saturated heterocycles. The SMILES string of the molecule is O=C(Nc1ccccc1)C1CCCN(C(=O)c2ccc(-c3cccs3)[nH]c2=O)C1. The summed E-state index contributed by atoms with van der Waals surface area (Å²) in [4.78, 5) is 43.4. The Hall–Kier alpha value is -3.19. The Kier molecular flexibility index (Phi) is 5.57. The summed E-state index contributed by atoms with van der Waals surface area (Å²) in [5.41, 5.74) is 1.13. The van der Waals surface area contributed by atoms with Crippen LogP contribution in [-0.2, 0) is 4.79 Å². The van der Waals surface area contributed by atoms with Crippen molar-refractivity contribution >= 4 is 28.8 Å². The third kappa shape index (κ3) is 4.30. The van der Waals surface area contributed by atoms with Crippen molar-refractivity contribution in [3.05, 3.63) is 75.9 Å². The van der Waals surface area contributed by atoms with Gasteiger partial charge in [0.2, 0.25) is 5.91 Å². The van der Waals surface area contributed by atoms with Crippen LogP contribution in [-0.4, -0.2) is 34.8 Å². The molecule has 0 spiro atoms. The van der Waals surface area contributed by atoms with Gasteiger partial charge in [0.1, 0.15) is 5.56 Å². The summed E-state index contributed by atoms with van der Waals surface area (Å²) in [5.74, 6) is -0.728. The van der Waals surface area contributed by atoms with Crippen LogP contribution in [0.1, 0.15) is 23.2 Å². The van der Waals surface area contributed by atoms with E-state index < -0.39 is 5.56 Å². The van der Waals surface area contributed by atoms with Crippen LogP contribution in [0.3, 0.4) is 0 Å². The smallest absolute Gasteiger partial charge is 0.261 e. The molecule has 6 nitrogen and oxygen atoms in total. The zero-order valence-electron chi connectivity index (χ0n) is 15.8. The molecule has 2 aromatic heterocycles. The number of pyridine rings is 1. The largest absolute Gasteiger partial charge is 0.338 e. The fraction of sp³-hybridized carbons (Fsp3) is 0.227. The van der Waals surface area contributed by atoms with E-state index >= 15 is 0 Å². The van der Waals surface area contributed by atoms with Crippen molar-refractivity contribution in [1.29, 1.82) is 0 Å². The number of hydrogen-bond donors (Lipinski definition) is 2. The molecule has 3 aromatic rings. The first kappa shape index (κ1) is 19.1. The van der Waals surface area contributed by atoms with E-state index in [1.165, 1.54) is 11.3 Å². The Morgan fingerprint density at radius 2 is 1.90 bits per heavy atom. The van der Waals surface area contributed by atoms with E-state index in [2.05, 4.69) is 10.3 Å². The number of anilines is 1. The zero-order valence-corrected chi connectivity index (χ0v) is 16.6. The maximum Gasteiger partial charge on any atom is 0.261 e. The highest BCUT2D eigenvalue weighted by Crippen LogP contribution is 2.23. The molecule has 3 heterocycles. The first-order chi connectivity index (χ1) is 14.1. The van der Waals surface area contributed by atoms with Crippen molar-refractivity contribution in [2.75, 3.05) is 18.4 Å². The van der Waals surface area contributed by atoms with Gasteiger partial charge < -0.3 is 15.2 Å². The van der Waals surface area contributed by atoms with Gasteiger partial charge in [0, 0.05) is 18.8 Å². The Morgan fingerprint density at radius 3 is 2.62 bits per heavy atom. The van der Waals surface area contributed by atoms with Crippen LogP contribution in [0.2, 0.25) is 0 Å². The quantitative estimate of drug-likeness (QED) is 0.693. The number of piperidine rings is 1. The number of H-pyrrole nitrogens is 1. The van der Waals surface area contributed by atoms with E-state index in [9.17, 15) is 14.4 Å². The van der Waals surface area contributed by atoms with Gasteiger partial charge in [-0.2, -0.15) is 0 Å². The van der Waals surface area contributed by atoms with Crippen LogP contribution in [0.4, 0.5) is 5.69 Å². The summed E-state index contributed by atoms with van der Waals surface area (Å²) < 4.78 is 0. The van der Waals surface area contributed by atoms with E-state index in [0.717, 1.165) is 23.4 Å². The molecule has 29 heavy (non-hydrogen) atoms. The molecule has 1 aliphatic rings. The zero-order chi connectivity index (χ0) is 20.2. The van der Waals surface area contributed by atoms with Crippen LogP contribution in [0.25, 0.3) is 10.6 Å². The molecule has 1 unspecified atom stereocenters. The van der Waals surface area contributed by atoms with E-state index in [1.54, 1.807) is 17.0 Å². The van der Waals surface area contributed by atoms with Gasteiger partial charge in [0.05, 0.1) is 16.5 Å². The van der Waals surface area contributed by atoms with Crippen molar-refractivity contribution in [1.82, 2.24) is 9.88 Å². The summed E-state index contributed by atoms with van der Waals surface area (Å²) in [6.07, 6.45) is 1.44. The number of thiophene rings is 1. The summed E-state index contributed by atoms with van der Waals surface area (Å²) in [6, 6.07) is 16.4. The van der Waals surface area contributed by atoms with Gasteiger partial charge in [-0.1, -0.05) is 24.3 Å². The van der Waals surface area contributed by atoms with Gasteiger partial charge >= 0.3 is 0 Å². The average Bonchev–Trinajstić information content (AvgIpc) is 3.29. The fourth-order valence-corrected chi connectivity index (χ4v) is 4.24. The number of carbonyl (C=O) groups is 2. The Balaban J connectivity index is 1.46. The highest BCUT2D eigenvalue weighted by molar-refractivity contribution is 7.13. The van der Waals surface area contributed by atoms with Crippen molar-refractivity contribution in [2.24, 2.45) is 5.92 Å². The van der Waals surface area contributed by atoms with Gasteiger partial charge in [-0.3, -0.25) is 14.4 Å². The third-order valence-electron chi connectivity index (χ3n) is 5.05. The lowest BCUT2D eigenvalue weighted by Gasteiger charge is -2.32. The van der Waals surface area contributed by atoms with Gasteiger partial charge in [0.25, 0.3) is 11.5 Å². The van der Waals surface area contributed by atoms with E-state index in [4.69, 9.17) is 0 Å². The molecule has 1 aromatic carbocycles. The number of benzene rings is 1. The molecule has 4 rings (SSSR count). The number of amides is 2. The highest BCUT2D eigenvalue weighted by Gasteiger charge is 2.30. The van der Waals surface area contributed by atoms with E-state index in [1.807, 2.05) is 47.8 Å². The third-order valence-corrected chi connectivity index (χ3v) is 5.95. The molecule has 0 aliphatic carbocycles. The second-order valence-corrected chi connectivity index (χ2v) is 7.99. The van der Waals surface area contributed by atoms with E-state index in [0.29, 0.717) is 18.8 Å². The minimum absolute atomic E-state index is 0.101. The molecular formula is C22H21N3O3S. The average molecular weight is 407 g/mol. The van der Waals surface area contributed by atoms with Gasteiger partial charge in [0.15, 0.2) is 0 Å². The summed E-state index contributed by atoms with van der Waals surface area (Å²) in [6.45, 7) is 0.851. The number of aromatic amines is 1. The number of nitrogens with zero attached hydrogens (tertiary/aromatic N) is 1. The fourth-order valence-electron chi connectivity index (χ4n) is 3.53. The number of likely N-dealkylation sites (tertiary alicyclic amines) is 1. The van der Waals surface area contributed by atoms with Gasteiger partial charge in [-0.15, -0.1) is 11.3 Å². The van der Waals surface area contributed by atoms with Crippen LogP contribution >= 0.6 is 11.3 Å². The molecule has 0 saturated carbocycles. The van der Waals surface area contributed by atoms with Gasteiger partial charge in [-0.05, 0) is 48.6 Å². The second kappa shape index (κ2) is 8.45. The summed E-state index contributed by atoms with van der Waals surface area (Å²) in [5, 5.41) is 4.83. The molecule has 2 N–H and O–H groups in total. The normalized spacial score (nSPS) is 16.4. The molecular weight excluding hydrogens is 386 g/mol. The molecule has 1 fully saturated rings. The first-order valence-electron chi connectivity index (χ1n) is 9.54. The predicted molar refractivity (Wildman–Crippen MR) is 114 cm³/mol. The predicted octanol–water partition coefficient (Wildman–Crippen LogP) is 3.59. The maximum absolute atomic E-state index is 12.9. The molecule has 1 aliphatic heterocycles. The van der Waals surface area contributed by atoms with Crippen LogP contribution in [0, 0.1) is 5.92 Å². The molecule has 148 valence electrons.